The van der Waals surface area contributed by atoms with E-state index in [1.54, 1.807) is 4.90 Å². The Morgan fingerprint density at radius 3 is 2.56 bits per heavy atom. The minimum Gasteiger partial charge on any atom is -0.493 e. The van der Waals surface area contributed by atoms with E-state index in [4.69, 9.17) is 20.3 Å². The third-order valence-corrected chi connectivity index (χ3v) is 7.19. The van der Waals surface area contributed by atoms with E-state index in [1.807, 2.05) is 39.0 Å². The smallest absolute Gasteiger partial charge is 0.326 e. The van der Waals surface area contributed by atoms with Crippen LogP contribution in [0.25, 0.3) is 0 Å². The van der Waals surface area contributed by atoms with Gasteiger partial charge in [-0.25, -0.2) is 4.99 Å². The number of fused-ring (bicyclic) bond motifs is 1. The first-order chi connectivity index (χ1) is 18.7. The fourth-order valence-corrected chi connectivity index (χ4v) is 5.26. The van der Waals surface area contributed by atoms with Gasteiger partial charge in [-0.15, -0.1) is 0 Å². The fraction of sp³-hybridized carbons (Fsp3) is 0.700. The summed E-state index contributed by atoms with van der Waals surface area (Å²) < 4.78 is 11.6. The third-order valence-electron chi connectivity index (χ3n) is 7.19. The number of unbranched alkanes of at least 4 members (excludes halogenated alkanes) is 4. The summed E-state index contributed by atoms with van der Waals surface area (Å²) in [6.07, 6.45) is 10.6. The minimum atomic E-state index is -0.569. The highest BCUT2D eigenvalue weighted by molar-refractivity contribution is 5.87. The Hall–Kier alpha value is -2.81. The number of carbonyl (C=O) groups is 2. The lowest BCUT2D eigenvalue weighted by Crippen LogP contribution is -2.43. The number of rotatable bonds is 15. The van der Waals surface area contributed by atoms with Gasteiger partial charge in [0.25, 0.3) is 0 Å². The first-order valence-electron chi connectivity index (χ1n) is 14.6. The predicted octanol–water partition coefficient (Wildman–Crippen LogP) is 4.66. The number of hydrogen-bond donors (Lipinski definition) is 2. The lowest BCUT2D eigenvalue weighted by molar-refractivity contribution is -0.155. The number of aliphatic imine (C=N–C) groups is 1. The van der Waals surface area contributed by atoms with Crippen molar-refractivity contribution >= 4 is 23.5 Å². The highest BCUT2D eigenvalue weighted by atomic mass is 16.6. The molecule has 1 fully saturated rings. The second kappa shape index (κ2) is 15.1. The molecule has 0 aromatic heterocycles. The van der Waals surface area contributed by atoms with Crippen molar-refractivity contribution in [3.05, 3.63) is 23.8 Å². The van der Waals surface area contributed by atoms with E-state index in [0.717, 1.165) is 74.9 Å². The molecule has 1 aromatic rings. The van der Waals surface area contributed by atoms with E-state index in [9.17, 15) is 9.59 Å². The Balaban J connectivity index is 1.47. The number of benzene rings is 1. The average molecular weight is 545 g/mol. The highest BCUT2D eigenvalue weighted by Gasteiger charge is 2.27. The molecule has 1 aromatic carbocycles. The molecular weight excluding hydrogens is 496 g/mol. The van der Waals surface area contributed by atoms with E-state index in [0.29, 0.717) is 25.6 Å². The van der Waals surface area contributed by atoms with Crippen LogP contribution in [0.15, 0.2) is 23.2 Å². The van der Waals surface area contributed by atoms with Crippen LogP contribution in [0.5, 0.6) is 5.75 Å². The molecule has 9 nitrogen and oxygen atoms in total. The minimum absolute atomic E-state index is 0.0153. The van der Waals surface area contributed by atoms with Crippen molar-refractivity contribution in [2.75, 3.05) is 26.3 Å². The second-order valence-electron chi connectivity index (χ2n) is 11.6. The predicted molar refractivity (Wildman–Crippen MR) is 153 cm³/mol. The van der Waals surface area contributed by atoms with E-state index in [-0.39, 0.29) is 31.0 Å². The van der Waals surface area contributed by atoms with Crippen LogP contribution in [0.2, 0.25) is 0 Å². The van der Waals surface area contributed by atoms with Crippen LogP contribution < -0.4 is 10.5 Å². The van der Waals surface area contributed by atoms with Crippen LogP contribution >= 0.6 is 0 Å². The fourth-order valence-electron chi connectivity index (χ4n) is 5.26. The highest BCUT2D eigenvalue weighted by Crippen LogP contribution is 2.33. The summed E-state index contributed by atoms with van der Waals surface area (Å²) in [5.41, 5.74) is 7.19. The Morgan fingerprint density at radius 2 is 1.85 bits per heavy atom. The number of esters is 1. The van der Waals surface area contributed by atoms with Crippen LogP contribution in [-0.4, -0.2) is 70.7 Å². The molecule has 0 radical (unpaired) electrons. The van der Waals surface area contributed by atoms with Crippen LogP contribution in [0.1, 0.15) is 97.0 Å². The number of amides is 1. The van der Waals surface area contributed by atoms with Crippen LogP contribution in [0, 0.1) is 0 Å². The molecule has 0 atom stereocenters. The van der Waals surface area contributed by atoms with Gasteiger partial charge in [0, 0.05) is 31.2 Å². The van der Waals surface area contributed by atoms with Crippen molar-refractivity contribution in [3.8, 4) is 5.75 Å². The standard InChI is InChI=1S/C30H48N4O5/c1-30(2,3)39-28(37)22-33-21-24-25(32-29(33)31)15-12-16-26(24)38-20-11-8-17-27(36)34(23-13-6-7-14-23)18-9-4-5-10-19-35/h12,15-16,23,35H,4-11,13-14,17-22H2,1-3H3,(H2,31,32). The molecule has 1 amide bonds. The number of aliphatic hydroxyl groups is 1. The quantitative estimate of drug-likeness (QED) is 0.243. The third kappa shape index (κ3) is 10.0. The number of carbonyl (C=O) groups excluding carboxylic acids is 2. The first kappa shape index (κ1) is 30.7. The van der Waals surface area contributed by atoms with Gasteiger partial charge < -0.3 is 30.1 Å². The summed E-state index contributed by atoms with van der Waals surface area (Å²) in [7, 11) is 0. The Kier molecular flexibility index (Phi) is 11.9. The Morgan fingerprint density at radius 1 is 1.10 bits per heavy atom. The van der Waals surface area contributed by atoms with Crippen LogP contribution in [0.4, 0.5) is 5.69 Å². The molecule has 2 aliphatic rings. The van der Waals surface area contributed by atoms with Gasteiger partial charge >= 0.3 is 5.97 Å². The van der Waals surface area contributed by atoms with Crippen molar-refractivity contribution in [3.63, 3.8) is 0 Å². The van der Waals surface area contributed by atoms with Crippen molar-refractivity contribution in [2.24, 2.45) is 10.7 Å². The SMILES string of the molecule is CC(C)(C)OC(=O)CN1Cc2c(cccc2OCCCCC(=O)N(CCCCCCO)C2CCCC2)N=C1N. The molecule has 1 aliphatic heterocycles. The monoisotopic (exact) mass is 544 g/mol. The maximum absolute atomic E-state index is 13.1. The molecule has 3 rings (SSSR count). The summed E-state index contributed by atoms with van der Waals surface area (Å²) in [6, 6.07) is 6.07. The molecule has 1 heterocycles. The molecular formula is C30H48N4O5. The van der Waals surface area contributed by atoms with Gasteiger partial charge in [-0.1, -0.05) is 31.7 Å². The molecule has 1 aliphatic carbocycles. The first-order valence-corrected chi connectivity index (χ1v) is 14.6. The zero-order valence-electron chi connectivity index (χ0n) is 24.1. The average Bonchev–Trinajstić information content (AvgIpc) is 3.40. The molecule has 0 unspecified atom stereocenters. The summed E-state index contributed by atoms with van der Waals surface area (Å²) in [5, 5.41) is 8.99. The van der Waals surface area contributed by atoms with Gasteiger partial charge in [0.1, 0.15) is 17.9 Å². The van der Waals surface area contributed by atoms with Crippen LogP contribution in [-0.2, 0) is 20.9 Å². The molecule has 1 saturated carbocycles. The molecule has 218 valence electrons. The normalized spacial score (nSPS) is 15.6. The van der Waals surface area contributed by atoms with E-state index >= 15 is 0 Å². The van der Waals surface area contributed by atoms with Crippen molar-refractivity contribution < 1.29 is 24.2 Å². The van der Waals surface area contributed by atoms with Crippen molar-refractivity contribution in [1.29, 1.82) is 0 Å². The van der Waals surface area contributed by atoms with Crippen molar-refractivity contribution in [1.82, 2.24) is 9.80 Å². The number of nitrogens with two attached hydrogens (primary N) is 1. The summed E-state index contributed by atoms with van der Waals surface area (Å²) in [5.74, 6) is 0.900. The van der Waals surface area contributed by atoms with E-state index < -0.39 is 5.60 Å². The Labute approximate surface area is 233 Å². The number of hydrogen-bond acceptors (Lipinski definition) is 8. The molecule has 3 N–H and O–H groups in total. The second-order valence-corrected chi connectivity index (χ2v) is 11.6. The maximum atomic E-state index is 13.1. The lowest BCUT2D eigenvalue weighted by atomic mass is 10.1. The zero-order chi connectivity index (χ0) is 28.3. The van der Waals surface area contributed by atoms with Crippen molar-refractivity contribution in [2.45, 2.75) is 110 Å². The molecule has 0 bridgehead atoms. The largest absolute Gasteiger partial charge is 0.493 e. The summed E-state index contributed by atoms with van der Waals surface area (Å²) >= 11 is 0. The van der Waals surface area contributed by atoms with Gasteiger partial charge in [0.15, 0.2) is 5.96 Å². The topological polar surface area (TPSA) is 118 Å². The zero-order valence-corrected chi connectivity index (χ0v) is 24.1. The van der Waals surface area contributed by atoms with Gasteiger partial charge in [0.05, 0.1) is 18.8 Å². The van der Waals surface area contributed by atoms with Gasteiger partial charge in [0.2, 0.25) is 5.91 Å². The number of nitrogens with zero attached hydrogens (tertiary/aromatic N) is 3. The maximum Gasteiger partial charge on any atom is 0.326 e. The molecule has 39 heavy (non-hydrogen) atoms. The summed E-state index contributed by atoms with van der Waals surface area (Å²) in [6.45, 7) is 7.49. The summed E-state index contributed by atoms with van der Waals surface area (Å²) in [4.78, 5) is 33.7. The van der Waals surface area contributed by atoms with Gasteiger partial charge in [-0.05, 0) is 71.4 Å². The van der Waals surface area contributed by atoms with Gasteiger partial charge in [-0.2, -0.15) is 0 Å². The lowest BCUT2D eigenvalue weighted by Gasteiger charge is -2.30. The number of guanidine groups is 1. The van der Waals surface area contributed by atoms with Crippen LogP contribution in [0.3, 0.4) is 0 Å². The van der Waals surface area contributed by atoms with E-state index in [1.165, 1.54) is 12.8 Å². The molecule has 0 saturated heterocycles. The number of ether oxygens (including phenoxy) is 2. The Bertz CT molecular complexity index is 969. The van der Waals surface area contributed by atoms with Gasteiger partial charge in [-0.3, -0.25) is 9.59 Å². The van der Waals surface area contributed by atoms with E-state index in [2.05, 4.69) is 9.89 Å². The number of aliphatic hydroxyl groups excluding tert-OH is 1. The molecule has 9 heteroatoms. The molecule has 0 spiro atoms.